The van der Waals surface area contributed by atoms with Crippen molar-refractivity contribution in [1.82, 2.24) is 14.1 Å². The SMILES string of the molecule is Cc1ccc(CCNC(=O)CSCc2nsnc2C)o1. The summed E-state index contributed by atoms with van der Waals surface area (Å²) in [6, 6.07) is 3.87. The van der Waals surface area contributed by atoms with Crippen molar-refractivity contribution in [2.45, 2.75) is 26.0 Å². The van der Waals surface area contributed by atoms with Crippen LogP contribution in [0.25, 0.3) is 0 Å². The summed E-state index contributed by atoms with van der Waals surface area (Å²) in [5, 5.41) is 2.88. The Bertz CT molecular complexity index is 565. The van der Waals surface area contributed by atoms with Gasteiger partial charge in [-0.15, -0.1) is 11.8 Å². The fourth-order valence-corrected chi connectivity index (χ4v) is 3.12. The molecule has 0 aliphatic rings. The summed E-state index contributed by atoms with van der Waals surface area (Å²) in [4.78, 5) is 11.7. The molecule has 0 fully saturated rings. The van der Waals surface area contributed by atoms with Crippen molar-refractivity contribution in [2.75, 3.05) is 12.3 Å². The van der Waals surface area contributed by atoms with Gasteiger partial charge in [-0.3, -0.25) is 4.79 Å². The minimum atomic E-state index is 0.0409. The van der Waals surface area contributed by atoms with E-state index in [9.17, 15) is 4.79 Å². The Balaban J connectivity index is 1.60. The molecule has 0 bridgehead atoms. The van der Waals surface area contributed by atoms with E-state index < -0.39 is 0 Å². The van der Waals surface area contributed by atoms with Gasteiger partial charge in [0, 0.05) is 18.7 Å². The zero-order valence-electron chi connectivity index (χ0n) is 11.5. The third-order valence-corrected chi connectivity index (χ3v) is 4.31. The van der Waals surface area contributed by atoms with Gasteiger partial charge >= 0.3 is 0 Å². The van der Waals surface area contributed by atoms with Gasteiger partial charge in [0.1, 0.15) is 11.5 Å². The fourth-order valence-electron chi connectivity index (χ4n) is 1.62. The highest BCUT2D eigenvalue weighted by Crippen LogP contribution is 2.13. The zero-order valence-corrected chi connectivity index (χ0v) is 13.1. The van der Waals surface area contributed by atoms with Gasteiger partial charge in [0.2, 0.25) is 5.91 Å². The number of amides is 1. The van der Waals surface area contributed by atoms with Crippen molar-refractivity contribution in [3.63, 3.8) is 0 Å². The summed E-state index contributed by atoms with van der Waals surface area (Å²) in [6.07, 6.45) is 0.722. The first-order valence-corrected chi connectivity index (χ1v) is 8.21. The Morgan fingerprint density at radius 3 is 2.90 bits per heavy atom. The average molecular weight is 311 g/mol. The van der Waals surface area contributed by atoms with E-state index in [1.807, 2.05) is 26.0 Å². The zero-order chi connectivity index (χ0) is 14.4. The Kier molecular flexibility index (Phi) is 5.60. The molecule has 0 saturated heterocycles. The molecule has 0 unspecified atom stereocenters. The van der Waals surface area contributed by atoms with E-state index in [1.165, 1.54) is 11.7 Å². The molecule has 1 amide bonds. The summed E-state index contributed by atoms with van der Waals surface area (Å²) in [5.41, 5.74) is 1.93. The standard InChI is InChI=1S/C13H17N3O2S2/c1-9-3-4-11(18-9)5-6-14-13(17)8-19-7-12-10(2)15-20-16-12/h3-4H,5-8H2,1-2H3,(H,14,17). The predicted molar refractivity (Wildman–Crippen MR) is 81.0 cm³/mol. The number of hydrogen-bond donors (Lipinski definition) is 1. The highest BCUT2D eigenvalue weighted by molar-refractivity contribution is 7.99. The molecule has 2 aromatic rings. The Morgan fingerprint density at radius 2 is 2.25 bits per heavy atom. The minimum absolute atomic E-state index is 0.0409. The lowest BCUT2D eigenvalue weighted by Crippen LogP contribution is -2.27. The van der Waals surface area contributed by atoms with Gasteiger partial charge in [-0.25, -0.2) is 0 Å². The molecule has 7 heteroatoms. The van der Waals surface area contributed by atoms with Crippen molar-refractivity contribution in [3.05, 3.63) is 35.0 Å². The molecule has 2 heterocycles. The molecule has 108 valence electrons. The summed E-state index contributed by atoms with van der Waals surface area (Å²) in [7, 11) is 0. The fraction of sp³-hybridized carbons (Fsp3) is 0.462. The molecule has 0 aliphatic heterocycles. The van der Waals surface area contributed by atoms with E-state index in [1.54, 1.807) is 11.8 Å². The summed E-state index contributed by atoms with van der Waals surface area (Å²) in [5.74, 6) is 3.01. The number of hydrogen-bond acceptors (Lipinski definition) is 6. The number of carbonyl (C=O) groups excluding carboxylic acids is 1. The van der Waals surface area contributed by atoms with Crippen LogP contribution < -0.4 is 5.32 Å². The van der Waals surface area contributed by atoms with Crippen molar-refractivity contribution in [3.8, 4) is 0 Å². The molecule has 20 heavy (non-hydrogen) atoms. The first-order valence-electron chi connectivity index (χ1n) is 6.33. The Hall–Kier alpha value is -1.34. The maximum atomic E-state index is 11.7. The number of thioether (sulfide) groups is 1. The van der Waals surface area contributed by atoms with Crippen molar-refractivity contribution in [1.29, 1.82) is 0 Å². The van der Waals surface area contributed by atoms with Gasteiger partial charge in [-0.1, -0.05) is 0 Å². The minimum Gasteiger partial charge on any atom is -0.466 e. The lowest BCUT2D eigenvalue weighted by molar-refractivity contribution is -0.118. The quantitative estimate of drug-likeness (QED) is 0.850. The second kappa shape index (κ2) is 7.44. The largest absolute Gasteiger partial charge is 0.466 e. The van der Waals surface area contributed by atoms with Crippen LogP contribution in [0.4, 0.5) is 0 Å². The summed E-state index contributed by atoms with van der Waals surface area (Å²) < 4.78 is 13.7. The second-order valence-electron chi connectivity index (χ2n) is 4.40. The van der Waals surface area contributed by atoms with Crippen LogP contribution in [0.5, 0.6) is 0 Å². The average Bonchev–Trinajstić information content (AvgIpc) is 2.99. The van der Waals surface area contributed by atoms with Crippen LogP contribution in [0, 0.1) is 13.8 Å². The lowest BCUT2D eigenvalue weighted by atomic mass is 10.3. The van der Waals surface area contributed by atoms with Crippen LogP contribution in [0.3, 0.4) is 0 Å². The van der Waals surface area contributed by atoms with Crippen molar-refractivity contribution < 1.29 is 9.21 Å². The maximum absolute atomic E-state index is 11.7. The topological polar surface area (TPSA) is 68.0 Å². The summed E-state index contributed by atoms with van der Waals surface area (Å²) in [6.45, 7) is 4.45. The number of nitrogens with one attached hydrogen (secondary N) is 1. The van der Waals surface area contributed by atoms with Gasteiger partial charge in [-0.2, -0.15) is 8.75 Å². The number of aryl methyl sites for hydroxylation is 2. The first kappa shape index (κ1) is 15.1. The van der Waals surface area contributed by atoms with Gasteiger partial charge in [0.05, 0.1) is 28.9 Å². The molecule has 0 radical (unpaired) electrons. The molecule has 0 aromatic carbocycles. The molecule has 5 nitrogen and oxygen atoms in total. The Labute approximate surface area is 126 Å². The molecular weight excluding hydrogens is 294 g/mol. The van der Waals surface area contributed by atoms with Crippen molar-refractivity contribution in [2.24, 2.45) is 0 Å². The van der Waals surface area contributed by atoms with E-state index in [2.05, 4.69) is 14.1 Å². The predicted octanol–water partition coefficient (Wildman–Crippen LogP) is 2.34. The second-order valence-corrected chi connectivity index (χ2v) is 5.92. The normalized spacial score (nSPS) is 10.7. The molecular formula is C13H17N3O2S2. The number of furan rings is 1. The van der Waals surface area contributed by atoms with E-state index in [-0.39, 0.29) is 5.91 Å². The number of carbonyl (C=O) groups is 1. The first-order chi connectivity index (χ1) is 9.65. The molecule has 0 saturated carbocycles. The molecule has 2 rings (SSSR count). The lowest BCUT2D eigenvalue weighted by Gasteiger charge is -2.03. The van der Waals surface area contributed by atoms with Crippen LogP contribution in [-0.2, 0) is 17.0 Å². The highest BCUT2D eigenvalue weighted by Gasteiger charge is 2.06. The van der Waals surface area contributed by atoms with Gasteiger partial charge < -0.3 is 9.73 Å². The molecule has 0 spiro atoms. The third-order valence-electron chi connectivity index (χ3n) is 2.71. The smallest absolute Gasteiger partial charge is 0.230 e. The number of rotatable bonds is 7. The monoisotopic (exact) mass is 311 g/mol. The third kappa shape index (κ3) is 4.64. The van der Waals surface area contributed by atoms with E-state index in [4.69, 9.17) is 4.42 Å². The number of nitrogens with zero attached hydrogens (tertiary/aromatic N) is 2. The molecule has 0 aliphatic carbocycles. The maximum Gasteiger partial charge on any atom is 0.230 e. The molecule has 2 aromatic heterocycles. The van der Waals surface area contributed by atoms with E-state index >= 15 is 0 Å². The van der Waals surface area contributed by atoms with Gasteiger partial charge in [-0.05, 0) is 26.0 Å². The Morgan fingerprint density at radius 1 is 1.40 bits per heavy atom. The highest BCUT2D eigenvalue weighted by atomic mass is 32.2. The molecule has 0 atom stereocenters. The number of aromatic nitrogens is 2. The van der Waals surface area contributed by atoms with Crippen LogP contribution >= 0.6 is 23.5 Å². The van der Waals surface area contributed by atoms with Gasteiger partial charge in [0.15, 0.2) is 0 Å². The van der Waals surface area contributed by atoms with Crippen molar-refractivity contribution >= 4 is 29.4 Å². The van der Waals surface area contributed by atoms with E-state index in [0.717, 1.165) is 35.1 Å². The van der Waals surface area contributed by atoms with E-state index in [0.29, 0.717) is 12.3 Å². The van der Waals surface area contributed by atoms with Crippen LogP contribution in [0.2, 0.25) is 0 Å². The van der Waals surface area contributed by atoms with Crippen LogP contribution in [-0.4, -0.2) is 27.0 Å². The van der Waals surface area contributed by atoms with Crippen LogP contribution in [0.15, 0.2) is 16.5 Å². The van der Waals surface area contributed by atoms with Crippen LogP contribution in [0.1, 0.15) is 22.9 Å². The van der Waals surface area contributed by atoms with Gasteiger partial charge in [0.25, 0.3) is 0 Å². The molecule has 1 N–H and O–H groups in total. The summed E-state index contributed by atoms with van der Waals surface area (Å²) >= 11 is 2.77.